The van der Waals surface area contributed by atoms with Crippen LogP contribution < -0.4 is 5.73 Å². The lowest BCUT2D eigenvalue weighted by molar-refractivity contribution is 0.0763. The predicted octanol–water partition coefficient (Wildman–Crippen LogP) is 0.0529. The topological polar surface area (TPSA) is 58.7 Å². The van der Waals surface area contributed by atoms with Crippen molar-refractivity contribution < 1.29 is 9.84 Å². The Bertz CT molecular complexity index is 197. The number of nitrogens with two attached hydrogens (primary N) is 1. The summed E-state index contributed by atoms with van der Waals surface area (Å²) in [5.41, 5.74) is 5.79. The SMILES string of the molecule is COCC(C)N(C)CC(N)(CO)C1CC1. The highest BCUT2D eigenvalue weighted by atomic mass is 16.5. The lowest BCUT2D eigenvalue weighted by Crippen LogP contribution is -2.56. The lowest BCUT2D eigenvalue weighted by Gasteiger charge is -2.35. The van der Waals surface area contributed by atoms with Crippen molar-refractivity contribution in [2.75, 3.05) is 33.9 Å². The number of hydrogen-bond acceptors (Lipinski definition) is 4. The Balaban J connectivity index is 2.43. The normalized spacial score (nSPS) is 22.8. The second kappa shape index (κ2) is 5.25. The Kier molecular flexibility index (Phi) is 4.52. The van der Waals surface area contributed by atoms with Gasteiger partial charge in [0.25, 0.3) is 0 Å². The van der Waals surface area contributed by atoms with E-state index in [2.05, 4.69) is 11.8 Å². The summed E-state index contributed by atoms with van der Waals surface area (Å²) in [5.74, 6) is 0.500. The first kappa shape index (κ1) is 12.9. The summed E-state index contributed by atoms with van der Waals surface area (Å²) in [6.07, 6.45) is 2.31. The first-order valence-electron chi connectivity index (χ1n) is 5.62. The molecular formula is C11H24N2O2. The molecule has 4 nitrogen and oxygen atoms in total. The maximum absolute atomic E-state index is 9.37. The Hall–Kier alpha value is -0.160. The molecule has 0 heterocycles. The Morgan fingerprint density at radius 3 is 2.60 bits per heavy atom. The van der Waals surface area contributed by atoms with Gasteiger partial charge < -0.3 is 15.6 Å². The smallest absolute Gasteiger partial charge is 0.0626 e. The minimum atomic E-state index is -0.420. The summed E-state index contributed by atoms with van der Waals surface area (Å²) >= 11 is 0. The predicted molar refractivity (Wildman–Crippen MR) is 60.7 cm³/mol. The fourth-order valence-corrected chi connectivity index (χ4v) is 1.96. The molecule has 1 aliphatic carbocycles. The molecule has 15 heavy (non-hydrogen) atoms. The van der Waals surface area contributed by atoms with Crippen molar-refractivity contribution in [2.24, 2.45) is 11.7 Å². The molecular weight excluding hydrogens is 192 g/mol. The first-order valence-corrected chi connectivity index (χ1v) is 5.62. The largest absolute Gasteiger partial charge is 0.394 e. The third-order valence-corrected chi connectivity index (χ3v) is 3.39. The van der Waals surface area contributed by atoms with E-state index in [4.69, 9.17) is 10.5 Å². The fraction of sp³-hybridized carbons (Fsp3) is 1.00. The molecule has 0 aromatic heterocycles. The summed E-state index contributed by atoms with van der Waals surface area (Å²) in [7, 11) is 3.73. The lowest BCUT2D eigenvalue weighted by atomic mass is 9.94. The van der Waals surface area contributed by atoms with Gasteiger partial charge in [-0.05, 0) is 32.7 Å². The van der Waals surface area contributed by atoms with Crippen LogP contribution in [0, 0.1) is 5.92 Å². The number of hydrogen-bond donors (Lipinski definition) is 2. The fourth-order valence-electron chi connectivity index (χ4n) is 1.96. The first-order chi connectivity index (χ1) is 7.03. The number of methoxy groups -OCH3 is 1. The molecule has 1 rings (SSSR count). The third kappa shape index (κ3) is 3.41. The van der Waals surface area contributed by atoms with Crippen LogP contribution in [0.15, 0.2) is 0 Å². The van der Waals surface area contributed by atoms with E-state index >= 15 is 0 Å². The molecule has 1 fully saturated rings. The molecule has 1 aliphatic rings. The summed E-state index contributed by atoms with van der Waals surface area (Å²) in [4.78, 5) is 2.16. The number of nitrogens with zero attached hydrogens (tertiary/aromatic N) is 1. The molecule has 90 valence electrons. The molecule has 0 saturated heterocycles. The number of rotatable bonds is 7. The van der Waals surface area contributed by atoms with Crippen molar-refractivity contribution in [3.63, 3.8) is 0 Å². The van der Waals surface area contributed by atoms with Crippen molar-refractivity contribution in [2.45, 2.75) is 31.3 Å². The highest BCUT2D eigenvalue weighted by Gasteiger charge is 2.42. The Morgan fingerprint density at radius 1 is 1.60 bits per heavy atom. The quantitative estimate of drug-likeness (QED) is 0.631. The van der Waals surface area contributed by atoms with Crippen LogP contribution in [0.5, 0.6) is 0 Å². The molecule has 0 bridgehead atoms. The van der Waals surface area contributed by atoms with Gasteiger partial charge >= 0.3 is 0 Å². The highest BCUT2D eigenvalue weighted by molar-refractivity contribution is 5.00. The zero-order valence-electron chi connectivity index (χ0n) is 10.1. The summed E-state index contributed by atoms with van der Waals surface area (Å²) in [6.45, 7) is 3.61. The minimum Gasteiger partial charge on any atom is -0.394 e. The monoisotopic (exact) mass is 216 g/mol. The second-order valence-electron chi connectivity index (χ2n) is 4.89. The van der Waals surface area contributed by atoms with E-state index in [0.29, 0.717) is 18.6 Å². The van der Waals surface area contributed by atoms with Crippen molar-refractivity contribution in [1.82, 2.24) is 4.90 Å². The zero-order valence-corrected chi connectivity index (χ0v) is 10.1. The Labute approximate surface area is 92.4 Å². The van der Waals surface area contributed by atoms with Gasteiger partial charge in [0.15, 0.2) is 0 Å². The van der Waals surface area contributed by atoms with Crippen LogP contribution in [0.1, 0.15) is 19.8 Å². The van der Waals surface area contributed by atoms with Crippen LogP contribution in [-0.4, -0.2) is 55.5 Å². The van der Waals surface area contributed by atoms with Crippen LogP contribution in [-0.2, 0) is 4.74 Å². The molecule has 0 aromatic rings. The van der Waals surface area contributed by atoms with E-state index in [0.717, 1.165) is 19.4 Å². The van der Waals surface area contributed by atoms with Crippen LogP contribution in [0.2, 0.25) is 0 Å². The molecule has 0 spiro atoms. The number of likely N-dealkylation sites (N-methyl/N-ethyl adjacent to an activating group) is 1. The molecule has 0 aromatic carbocycles. The van der Waals surface area contributed by atoms with Gasteiger partial charge in [0, 0.05) is 19.7 Å². The van der Waals surface area contributed by atoms with Crippen LogP contribution >= 0.6 is 0 Å². The van der Waals surface area contributed by atoms with E-state index in [-0.39, 0.29) is 6.61 Å². The van der Waals surface area contributed by atoms with E-state index in [1.165, 1.54) is 0 Å². The van der Waals surface area contributed by atoms with Gasteiger partial charge in [-0.1, -0.05) is 0 Å². The molecule has 3 N–H and O–H groups in total. The minimum absolute atomic E-state index is 0.0711. The second-order valence-corrected chi connectivity index (χ2v) is 4.89. The van der Waals surface area contributed by atoms with Crippen LogP contribution in [0.4, 0.5) is 0 Å². The van der Waals surface area contributed by atoms with E-state index < -0.39 is 5.54 Å². The molecule has 2 unspecified atom stereocenters. The molecule has 2 atom stereocenters. The Morgan fingerprint density at radius 2 is 2.20 bits per heavy atom. The summed E-state index contributed by atoms with van der Waals surface area (Å²) in [6, 6.07) is 0.336. The average Bonchev–Trinajstić information content (AvgIpc) is 3.01. The van der Waals surface area contributed by atoms with Gasteiger partial charge in [-0.3, -0.25) is 4.90 Å². The molecule has 0 radical (unpaired) electrons. The molecule has 4 heteroatoms. The molecule has 0 amide bonds. The van der Waals surface area contributed by atoms with Crippen molar-refractivity contribution in [1.29, 1.82) is 0 Å². The molecule has 1 saturated carbocycles. The molecule has 0 aliphatic heterocycles. The third-order valence-electron chi connectivity index (χ3n) is 3.39. The van der Waals surface area contributed by atoms with Gasteiger partial charge in [0.1, 0.15) is 0 Å². The van der Waals surface area contributed by atoms with Crippen molar-refractivity contribution in [3.05, 3.63) is 0 Å². The number of aliphatic hydroxyl groups excluding tert-OH is 1. The number of ether oxygens (including phenoxy) is 1. The zero-order chi connectivity index (χ0) is 11.5. The van der Waals surface area contributed by atoms with Gasteiger partial charge in [0.2, 0.25) is 0 Å². The maximum atomic E-state index is 9.37. The van der Waals surface area contributed by atoms with E-state index in [9.17, 15) is 5.11 Å². The highest BCUT2D eigenvalue weighted by Crippen LogP contribution is 2.38. The average molecular weight is 216 g/mol. The van der Waals surface area contributed by atoms with Crippen LogP contribution in [0.3, 0.4) is 0 Å². The van der Waals surface area contributed by atoms with Gasteiger partial charge in [-0.25, -0.2) is 0 Å². The van der Waals surface area contributed by atoms with Crippen LogP contribution in [0.25, 0.3) is 0 Å². The number of aliphatic hydroxyl groups is 1. The maximum Gasteiger partial charge on any atom is 0.0626 e. The summed E-state index contributed by atoms with van der Waals surface area (Å²) < 4.78 is 5.10. The van der Waals surface area contributed by atoms with Gasteiger partial charge in [-0.15, -0.1) is 0 Å². The van der Waals surface area contributed by atoms with Crippen molar-refractivity contribution >= 4 is 0 Å². The van der Waals surface area contributed by atoms with Gasteiger partial charge in [0.05, 0.1) is 18.8 Å². The van der Waals surface area contributed by atoms with Crippen molar-refractivity contribution in [3.8, 4) is 0 Å². The van der Waals surface area contributed by atoms with E-state index in [1.807, 2.05) is 7.05 Å². The van der Waals surface area contributed by atoms with E-state index in [1.54, 1.807) is 7.11 Å². The summed E-state index contributed by atoms with van der Waals surface area (Å²) in [5, 5.41) is 9.37. The standard InChI is InChI=1S/C11H24N2O2/c1-9(6-15-3)13(2)7-11(12,8-14)10-4-5-10/h9-10,14H,4-8,12H2,1-3H3. The van der Waals surface area contributed by atoms with Gasteiger partial charge in [-0.2, -0.15) is 0 Å².